The number of aliphatic carboxylic acids is 1. The molecule has 0 unspecified atom stereocenters. The molecule has 15 N–H and O–H groups in total. The minimum atomic E-state index is -1.67. The topological polar surface area (TPSA) is 383 Å². The van der Waals surface area contributed by atoms with Crippen LogP contribution < -0.4 is 54.8 Å². The molecule has 0 aromatic carbocycles. The van der Waals surface area contributed by atoms with Crippen molar-refractivity contribution in [1.82, 2.24) is 36.8 Å². The normalized spacial score (nSPS) is 16.2. The first-order valence-corrected chi connectivity index (χ1v) is 17.7. The Morgan fingerprint density at radius 1 is 0.778 bits per heavy atom. The zero-order valence-electron chi connectivity index (χ0n) is 29.4. The van der Waals surface area contributed by atoms with Crippen molar-refractivity contribution in [3.63, 3.8) is 0 Å². The molecule has 9 amide bonds. The minimum absolute atomic E-state index is 0.0323. The molecule has 0 aliphatic carbocycles. The van der Waals surface area contributed by atoms with Crippen molar-refractivity contribution < 1.29 is 53.1 Å². The van der Waals surface area contributed by atoms with Gasteiger partial charge >= 0.3 is 5.97 Å². The van der Waals surface area contributed by atoms with Gasteiger partial charge in [0.1, 0.15) is 36.3 Å². The molecule has 0 spiro atoms. The summed E-state index contributed by atoms with van der Waals surface area (Å²) >= 11 is 7.92. The van der Waals surface area contributed by atoms with Gasteiger partial charge in [-0.1, -0.05) is 0 Å². The highest BCUT2D eigenvalue weighted by molar-refractivity contribution is 7.80. The van der Waals surface area contributed by atoms with Crippen LogP contribution in [0, 0.1) is 0 Å². The highest BCUT2D eigenvalue weighted by Crippen LogP contribution is 2.20. The lowest BCUT2D eigenvalue weighted by atomic mass is 10.1. The second-order valence-electron chi connectivity index (χ2n) is 11.9. The van der Waals surface area contributed by atoms with Crippen LogP contribution in [0.2, 0.25) is 0 Å². The Kier molecular flexibility index (Phi) is 20.2. The number of carboxylic acid groups (broad SMARTS) is 1. The first kappa shape index (κ1) is 46.7. The highest BCUT2D eigenvalue weighted by atomic mass is 32.1. The van der Waals surface area contributed by atoms with Crippen molar-refractivity contribution >= 4 is 90.4 Å². The Morgan fingerprint density at radius 3 is 1.93 bits per heavy atom. The zero-order chi connectivity index (χ0) is 41.1. The van der Waals surface area contributed by atoms with Crippen LogP contribution in [0.15, 0.2) is 4.99 Å². The van der Waals surface area contributed by atoms with Crippen molar-refractivity contribution in [2.45, 2.75) is 81.7 Å². The summed E-state index contributed by atoms with van der Waals surface area (Å²) in [6.07, 6.45) is -1.00. The van der Waals surface area contributed by atoms with Crippen molar-refractivity contribution in [3.05, 3.63) is 0 Å². The number of carbonyl (C=O) groups is 10. The highest BCUT2D eigenvalue weighted by Gasteiger charge is 2.40. The summed E-state index contributed by atoms with van der Waals surface area (Å²) in [5.74, 6) is -9.92. The number of carbonyl (C=O) groups excluding carboxylic acids is 9. The monoisotopic (exact) mass is 804 g/mol. The largest absolute Gasteiger partial charge is 0.481 e. The average molecular weight is 805 g/mol. The lowest BCUT2D eigenvalue weighted by Gasteiger charge is -2.30. The molecule has 1 fully saturated rings. The summed E-state index contributed by atoms with van der Waals surface area (Å²) in [6.45, 7) is 0.453. The maximum absolute atomic E-state index is 13.6. The molecule has 25 heteroatoms. The number of nitrogens with two attached hydrogens (primary N) is 4. The Balaban J connectivity index is 3.14. The van der Waals surface area contributed by atoms with Crippen molar-refractivity contribution in [2.24, 2.45) is 27.9 Å². The minimum Gasteiger partial charge on any atom is -0.481 e. The third-order valence-electron chi connectivity index (χ3n) is 7.61. The van der Waals surface area contributed by atoms with Gasteiger partial charge in [0.2, 0.25) is 53.2 Å². The molecule has 302 valence electrons. The van der Waals surface area contributed by atoms with E-state index >= 15 is 0 Å². The summed E-state index contributed by atoms with van der Waals surface area (Å²) in [5, 5.41) is 23.1. The fraction of sp³-hybridized carbons (Fsp3) is 0.621. The summed E-state index contributed by atoms with van der Waals surface area (Å²) in [5.41, 5.74) is 21.2. The zero-order valence-corrected chi connectivity index (χ0v) is 31.2. The maximum Gasteiger partial charge on any atom is 0.305 e. The van der Waals surface area contributed by atoms with Gasteiger partial charge in [0.15, 0.2) is 5.96 Å². The van der Waals surface area contributed by atoms with Crippen molar-refractivity contribution in [3.8, 4) is 0 Å². The van der Waals surface area contributed by atoms with Gasteiger partial charge in [0.25, 0.3) is 0 Å². The van der Waals surface area contributed by atoms with E-state index in [0.717, 1.165) is 4.90 Å². The number of rotatable bonds is 23. The number of thiol groups is 2. The number of carboxylic acids is 1. The number of nitrogens with zero attached hydrogens (tertiary/aromatic N) is 2. The van der Waals surface area contributed by atoms with Gasteiger partial charge in [-0.3, -0.25) is 52.9 Å². The van der Waals surface area contributed by atoms with E-state index in [9.17, 15) is 53.1 Å². The molecule has 23 nitrogen and oxygen atoms in total. The van der Waals surface area contributed by atoms with E-state index in [4.69, 9.17) is 22.9 Å². The van der Waals surface area contributed by atoms with Crippen LogP contribution in [0.4, 0.5) is 0 Å². The van der Waals surface area contributed by atoms with Crippen LogP contribution in [-0.2, 0) is 47.9 Å². The molecule has 0 saturated carbocycles. The number of amides is 9. The van der Waals surface area contributed by atoms with Crippen LogP contribution in [-0.4, -0.2) is 142 Å². The Labute approximate surface area is 320 Å². The number of likely N-dealkylation sites (tertiary alicyclic amines) is 1. The molecule has 0 aromatic heterocycles. The molecule has 6 atom stereocenters. The van der Waals surface area contributed by atoms with Crippen LogP contribution in [0.5, 0.6) is 0 Å². The molecule has 1 heterocycles. The summed E-state index contributed by atoms with van der Waals surface area (Å²) < 4.78 is 0. The van der Waals surface area contributed by atoms with E-state index in [1.165, 1.54) is 6.92 Å². The number of guanidine groups is 1. The summed E-state index contributed by atoms with van der Waals surface area (Å²) in [6, 6.07) is -8.11. The van der Waals surface area contributed by atoms with Crippen LogP contribution >= 0.6 is 25.3 Å². The SMILES string of the molecule is CC(=O)N[C@@H](CS)C(=O)N[C@@H](CC(N)=O)C(=O)N1CCC[C@H]1C(=O)N[C@@H](CCCN=C(N)N)C(=O)NCC(=O)N[C@@H](CC(=O)O)C(=O)N[C@@H](CS)C(N)=O. The van der Waals surface area contributed by atoms with Gasteiger partial charge in [0, 0.05) is 31.5 Å². The molecular weight excluding hydrogens is 757 g/mol. The molecule has 0 aromatic rings. The molecule has 54 heavy (non-hydrogen) atoms. The molecule has 0 radical (unpaired) electrons. The number of hydrogen-bond donors (Lipinski definition) is 13. The van der Waals surface area contributed by atoms with Crippen LogP contribution in [0.25, 0.3) is 0 Å². The van der Waals surface area contributed by atoms with E-state index < -0.39 is 115 Å². The molecular formula is C29H48N12O11S2. The number of hydrogen-bond acceptors (Lipinski definition) is 13. The van der Waals surface area contributed by atoms with Crippen LogP contribution in [0.1, 0.15) is 45.4 Å². The molecule has 1 aliphatic heterocycles. The van der Waals surface area contributed by atoms with Gasteiger partial charge in [0.05, 0.1) is 19.4 Å². The predicted molar refractivity (Wildman–Crippen MR) is 196 cm³/mol. The fourth-order valence-corrected chi connectivity index (χ4v) is 5.58. The van der Waals surface area contributed by atoms with Gasteiger partial charge in [-0.05, 0) is 25.7 Å². The Bertz CT molecular complexity index is 1460. The number of primary amides is 2. The van der Waals surface area contributed by atoms with Gasteiger partial charge < -0.3 is 64.8 Å². The van der Waals surface area contributed by atoms with Crippen molar-refractivity contribution in [1.29, 1.82) is 0 Å². The molecule has 1 rings (SSSR count). The van der Waals surface area contributed by atoms with Crippen molar-refractivity contribution in [2.75, 3.05) is 31.1 Å². The van der Waals surface area contributed by atoms with E-state index in [1.807, 2.05) is 0 Å². The molecule has 1 aliphatic rings. The molecule has 1 saturated heterocycles. The third-order valence-corrected chi connectivity index (χ3v) is 8.34. The van der Waals surface area contributed by atoms with E-state index in [-0.39, 0.29) is 49.8 Å². The number of nitrogens with one attached hydrogen (secondary N) is 6. The van der Waals surface area contributed by atoms with Crippen LogP contribution in [0.3, 0.4) is 0 Å². The van der Waals surface area contributed by atoms with Gasteiger partial charge in [-0.25, -0.2) is 0 Å². The average Bonchev–Trinajstić information content (AvgIpc) is 3.58. The van der Waals surface area contributed by atoms with Gasteiger partial charge in [-0.15, -0.1) is 0 Å². The van der Waals surface area contributed by atoms with E-state index in [2.05, 4.69) is 62.2 Å². The Hall–Kier alpha value is -5.33. The quantitative estimate of drug-likeness (QED) is 0.0198. The maximum atomic E-state index is 13.6. The molecule has 0 bridgehead atoms. The first-order chi connectivity index (χ1) is 25.3. The standard InChI is InChI=1S/C29H48N12O11S2/c1-13(42)36-18(12-54)26(50)39-16(8-20(30)43)28(52)41-7-3-5-19(41)27(51)38-14(4-2-6-34-29(32)33)24(48)35-10-21(44)37-15(9-22(45)46)25(49)40-17(11-53)23(31)47/h14-19,53-54H,2-12H2,1H3,(H2,30,43)(H2,31,47)(H,35,48)(H,36,42)(H,37,44)(H,38,51)(H,39,50)(H,40,49)(H,45,46)(H4,32,33,34)/t14-,15-,16-,17-,18-,19-/m0/s1. The van der Waals surface area contributed by atoms with Gasteiger partial charge in [-0.2, -0.15) is 25.3 Å². The first-order valence-electron chi connectivity index (χ1n) is 16.4. The summed E-state index contributed by atoms with van der Waals surface area (Å²) in [7, 11) is 0. The second-order valence-corrected chi connectivity index (χ2v) is 12.7. The van der Waals surface area contributed by atoms with E-state index in [0.29, 0.717) is 6.42 Å². The smallest absolute Gasteiger partial charge is 0.305 e. The fourth-order valence-electron chi connectivity index (χ4n) is 5.06. The lowest BCUT2D eigenvalue weighted by Crippen LogP contribution is -2.59. The summed E-state index contributed by atoms with van der Waals surface area (Å²) in [4.78, 5) is 130. The second kappa shape index (κ2) is 23.4. The number of aliphatic imine (C=N–C) groups is 1. The Morgan fingerprint density at radius 2 is 1.39 bits per heavy atom. The van der Waals surface area contributed by atoms with E-state index in [1.54, 1.807) is 0 Å². The third kappa shape index (κ3) is 16.6. The lowest BCUT2D eigenvalue weighted by molar-refractivity contribution is -0.143. The predicted octanol–water partition coefficient (Wildman–Crippen LogP) is -6.71.